The van der Waals surface area contributed by atoms with Crippen LogP contribution in [0.1, 0.15) is 12.8 Å². The van der Waals surface area contributed by atoms with Crippen LogP contribution in [-0.4, -0.2) is 23.1 Å². The number of amides is 2. The van der Waals surface area contributed by atoms with Crippen molar-refractivity contribution in [2.75, 3.05) is 0 Å². The topological polar surface area (TPSA) is 58.2 Å². The highest BCUT2D eigenvalue weighted by molar-refractivity contribution is 7.18. The van der Waals surface area contributed by atoms with Gasteiger partial charge in [-0.1, -0.05) is 0 Å². The fraction of sp³-hybridized carbons (Fsp3) is 0.667. The van der Waals surface area contributed by atoms with E-state index < -0.39 is 5.54 Å². The summed E-state index contributed by atoms with van der Waals surface area (Å²) < 4.78 is 0. The Kier molecular flexibility index (Phi) is 1.25. The van der Waals surface area contributed by atoms with Gasteiger partial charge in [-0.3, -0.25) is 9.59 Å². The minimum absolute atomic E-state index is 0.0152. The van der Waals surface area contributed by atoms with Crippen molar-refractivity contribution in [3.8, 4) is 0 Å². The van der Waals surface area contributed by atoms with Gasteiger partial charge in [0.05, 0.1) is 5.78 Å². The molecule has 0 radical (unpaired) electrons. The van der Waals surface area contributed by atoms with Crippen LogP contribution in [0.2, 0.25) is 0 Å². The van der Waals surface area contributed by atoms with Gasteiger partial charge < -0.3 is 10.6 Å². The van der Waals surface area contributed by atoms with Gasteiger partial charge in [-0.05, 0) is 6.42 Å². The minimum atomic E-state index is -0.582. The molecule has 2 heterocycles. The van der Waals surface area contributed by atoms with Crippen molar-refractivity contribution in [3.05, 3.63) is 0 Å². The first-order chi connectivity index (χ1) is 5.15. The molecule has 2 saturated heterocycles. The summed E-state index contributed by atoms with van der Waals surface area (Å²) in [6.45, 7) is 0. The van der Waals surface area contributed by atoms with Crippen molar-refractivity contribution < 1.29 is 9.59 Å². The number of hydrogen-bond donors (Lipinski definition) is 2. The molecule has 0 aromatic heterocycles. The fourth-order valence-electron chi connectivity index (χ4n) is 1.54. The lowest BCUT2D eigenvalue weighted by molar-refractivity contribution is -0.137. The Hall–Kier alpha value is -0.630. The second-order valence-electron chi connectivity index (χ2n) is 2.97. The Bertz CT molecular complexity index is 243. The third kappa shape index (κ3) is 0.732. The van der Waals surface area contributed by atoms with Gasteiger partial charge in [-0.2, -0.15) is 0 Å². The third-order valence-electron chi connectivity index (χ3n) is 2.33. The number of nitrogens with one attached hydrogen (secondary N) is 2. The number of rotatable bonds is 0. The van der Waals surface area contributed by atoms with E-state index in [1.165, 1.54) is 0 Å². The summed E-state index contributed by atoms with van der Waals surface area (Å²) in [5.41, 5.74) is -0.582. The van der Waals surface area contributed by atoms with Crippen LogP contribution in [0.15, 0.2) is 0 Å². The van der Waals surface area contributed by atoms with E-state index in [1.807, 2.05) is 0 Å². The summed E-state index contributed by atoms with van der Waals surface area (Å²) in [7, 11) is 2.51. The lowest BCUT2D eigenvalue weighted by Gasteiger charge is -2.43. The SMILES string of the molecule is O=C1CCC2(N1)C(=O)NC2P. The number of carbonyl (C=O) groups is 2. The Morgan fingerprint density at radius 2 is 2.27 bits per heavy atom. The van der Waals surface area contributed by atoms with E-state index in [4.69, 9.17) is 0 Å². The molecule has 0 aliphatic carbocycles. The highest BCUT2D eigenvalue weighted by Gasteiger charge is 2.56. The standard InChI is InChI=1S/C6H9N2O2P/c9-3-1-2-6(8-3)4(10)7-5(6)11/h5H,1-2,11H2,(H,7,10)(H,8,9). The smallest absolute Gasteiger partial charge is 0.248 e. The van der Waals surface area contributed by atoms with Gasteiger partial charge in [0.1, 0.15) is 5.54 Å². The largest absolute Gasteiger partial charge is 0.345 e. The summed E-state index contributed by atoms with van der Waals surface area (Å²) >= 11 is 0. The number of hydrogen-bond acceptors (Lipinski definition) is 2. The molecule has 60 valence electrons. The Morgan fingerprint density at radius 3 is 2.55 bits per heavy atom. The Morgan fingerprint density at radius 1 is 1.55 bits per heavy atom. The van der Waals surface area contributed by atoms with Crippen LogP contribution in [0, 0.1) is 0 Å². The van der Waals surface area contributed by atoms with Crippen LogP contribution < -0.4 is 10.6 Å². The maximum atomic E-state index is 11.1. The second kappa shape index (κ2) is 1.95. The van der Waals surface area contributed by atoms with Crippen LogP contribution in [-0.2, 0) is 9.59 Å². The molecule has 0 saturated carbocycles. The zero-order valence-corrected chi connectivity index (χ0v) is 7.04. The highest BCUT2D eigenvalue weighted by atomic mass is 31.0. The fourth-order valence-corrected chi connectivity index (χ4v) is 2.10. The predicted octanol–water partition coefficient (Wildman–Crippen LogP) is -1.03. The van der Waals surface area contributed by atoms with Gasteiger partial charge in [0.25, 0.3) is 0 Å². The van der Waals surface area contributed by atoms with Gasteiger partial charge in [-0.25, -0.2) is 0 Å². The molecule has 2 aliphatic rings. The van der Waals surface area contributed by atoms with Crippen LogP contribution >= 0.6 is 9.24 Å². The average Bonchev–Trinajstić information content (AvgIpc) is 2.35. The molecule has 4 nitrogen and oxygen atoms in total. The molecule has 2 amide bonds. The average molecular weight is 172 g/mol. The third-order valence-corrected chi connectivity index (χ3v) is 3.07. The van der Waals surface area contributed by atoms with Crippen molar-refractivity contribution in [2.24, 2.45) is 0 Å². The quantitative estimate of drug-likeness (QED) is 0.362. The van der Waals surface area contributed by atoms with E-state index >= 15 is 0 Å². The second-order valence-corrected chi connectivity index (χ2v) is 3.64. The van der Waals surface area contributed by atoms with E-state index in [-0.39, 0.29) is 17.6 Å². The number of carbonyl (C=O) groups excluding carboxylic acids is 2. The molecule has 0 bridgehead atoms. The van der Waals surface area contributed by atoms with Gasteiger partial charge in [0.15, 0.2) is 0 Å². The molecular formula is C6H9N2O2P. The maximum Gasteiger partial charge on any atom is 0.248 e. The van der Waals surface area contributed by atoms with E-state index in [0.717, 1.165) is 0 Å². The molecule has 2 N–H and O–H groups in total. The first kappa shape index (κ1) is 7.04. The van der Waals surface area contributed by atoms with E-state index in [0.29, 0.717) is 12.8 Å². The molecule has 5 heteroatoms. The van der Waals surface area contributed by atoms with E-state index in [2.05, 4.69) is 19.9 Å². The molecule has 3 atom stereocenters. The van der Waals surface area contributed by atoms with Crippen LogP contribution in [0.5, 0.6) is 0 Å². The summed E-state index contributed by atoms with van der Waals surface area (Å²) in [5, 5.41) is 5.36. The van der Waals surface area contributed by atoms with Crippen molar-refractivity contribution in [2.45, 2.75) is 24.2 Å². The van der Waals surface area contributed by atoms with Gasteiger partial charge in [0.2, 0.25) is 11.8 Å². The summed E-state index contributed by atoms with van der Waals surface area (Å²) in [6, 6.07) is 0. The van der Waals surface area contributed by atoms with E-state index in [9.17, 15) is 9.59 Å². The molecule has 2 fully saturated rings. The van der Waals surface area contributed by atoms with Gasteiger partial charge in [0, 0.05) is 6.42 Å². The van der Waals surface area contributed by atoms with Crippen molar-refractivity contribution in [1.82, 2.24) is 10.6 Å². The van der Waals surface area contributed by atoms with Crippen molar-refractivity contribution in [3.63, 3.8) is 0 Å². The molecule has 3 unspecified atom stereocenters. The van der Waals surface area contributed by atoms with Crippen LogP contribution in [0.4, 0.5) is 0 Å². The first-order valence-corrected chi connectivity index (χ1v) is 4.19. The molecular weight excluding hydrogens is 163 g/mol. The van der Waals surface area contributed by atoms with Crippen LogP contribution in [0.3, 0.4) is 0 Å². The summed E-state index contributed by atoms with van der Waals surface area (Å²) in [5.74, 6) is -0.0582. The number of β-lactam (4-membered cyclic amide) rings is 1. The minimum Gasteiger partial charge on any atom is -0.345 e. The van der Waals surface area contributed by atoms with E-state index in [1.54, 1.807) is 0 Å². The molecule has 2 aliphatic heterocycles. The lowest BCUT2D eigenvalue weighted by atomic mass is 9.89. The van der Waals surface area contributed by atoms with Crippen molar-refractivity contribution >= 4 is 21.1 Å². The molecule has 0 aromatic rings. The van der Waals surface area contributed by atoms with Gasteiger partial charge >= 0.3 is 0 Å². The maximum absolute atomic E-state index is 11.1. The predicted molar refractivity (Wildman–Crippen MR) is 41.7 cm³/mol. The molecule has 2 rings (SSSR count). The Labute approximate surface area is 66.3 Å². The summed E-state index contributed by atoms with van der Waals surface area (Å²) in [4.78, 5) is 21.9. The van der Waals surface area contributed by atoms with Crippen molar-refractivity contribution in [1.29, 1.82) is 0 Å². The molecule has 1 spiro atoms. The zero-order chi connectivity index (χ0) is 8.06. The van der Waals surface area contributed by atoms with Gasteiger partial charge in [-0.15, -0.1) is 9.24 Å². The lowest BCUT2D eigenvalue weighted by Crippen LogP contribution is -2.74. The highest BCUT2D eigenvalue weighted by Crippen LogP contribution is 2.34. The first-order valence-electron chi connectivity index (χ1n) is 3.53. The Balaban J connectivity index is 2.23. The molecule has 0 aromatic carbocycles. The normalized spacial score (nSPS) is 41.7. The summed E-state index contributed by atoms with van der Waals surface area (Å²) in [6.07, 6.45) is 1.10. The molecule has 11 heavy (non-hydrogen) atoms. The van der Waals surface area contributed by atoms with Crippen LogP contribution in [0.25, 0.3) is 0 Å². The monoisotopic (exact) mass is 172 g/mol. The zero-order valence-electron chi connectivity index (χ0n) is 5.89.